The van der Waals surface area contributed by atoms with Gasteiger partial charge in [-0.15, -0.1) is 17.0 Å². The van der Waals surface area contributed by atoms with Gasteiger partial charge < -0.3 is 15.1 Å². The van der Waals surface area contributed by atoms with Crippen LogP contribution in [0, 0.1) is 32.6 Å². The van der Waals surface area contributed by atoms with Gasteiger partial charge in [0.1, 0.15) is 5.01 Å². The molecule has 4 aromatic rings. The molecule has 0 saturated heterocycles. The average Bonchev–Trinajstić information content (AvgIpc) is 3.55. The summed E-state index contributed by atoms with van der Waals surface area (Å²) in [6.45, 7) is 14.4. The van der Waals surface area contributed by atoms with Gasteiger partial charge in [0.25, 0.3) is 0 Å². The van der Waals surface area contributed by atoms with Crippen LogP contribution in [0.2, 0.25) is 0 Å². The summed E-state index contributed by atoms with van der Waals surface area (Å²) in [5, 5.41) is 15.7. The summed E-state index contributed by atoms with van der Waals surface area (Å²) >= 11 is 1.72. The molecule has 6 nitrogen and oxygen atoms in total. The van der Waals surface area contributed by atoms with E-state index in [-0.39, 0.29) is 50.5 Å². The summed E-state index contributed by atoms with van der Waals surface area (Å²) in [6, 6.07) is 14.7. The first-order valence-corrected chi connectivity index (χ1v) is 16.3. The number of pyridine rings is 1. The van der Waals surface area contributed by atoms with E-state index in [2.05, 4.69) is 63.0 Å². The van der Waals surface area contributed by atoms with E-state index in [4.69, 9.17) is 15.2 Å². The van der Waals surface area contributed by atoms with Gasteiger partial charge >= 0.3 is 0 Å². The molecule has 1 aliphatic heterocycles. The third kappa shape index (κ3) is 7.62. The van der Waals surface area contributed by atoms with Crippen molar-refractivity contribution in [3.63, 3.8) is 0 Å². The summed E-state index contributed by atoms with van der Waals surface area (Å²) in [6.07, 6.45) is 6.76. The van der Waals surface area contributed by atoms with Gasteiger partial charge in [-0.1, -0.05) is 63.6 Å². The molecule has 2 aromatic carbocycles. The number of fused-ring (bicyclic) bond motifs is 2. The van der Waals surface area contributed by atoms with Gasteiger partial charge in [0, 0.05) is 61.1 Å². The monoisotopic (exact) mass is 788 g/mol. The van der Waals surface area contributed by atoms with Crippen LogP contribution in [0.25, 0.3) is 26.0 Å². The average molecular weight is 788 g/mol. The second-order valence-corrected chi connectivity index (χ2v) is 12.4. The van der Waals surface area contributed by atoms with Crippen molar-refractivity contribution in [2.24, 2.45) is 11.8 Å². The van der Waals surface area contributed by atoms with E-state index in [1.54, 1.807) is 11.3 Å². The fourth-order valence-electron chi connectivity index (χ4n) is 5.93. The van der Waals surface area contributed by atoms with Gasteiger partial charge in [0.2, 0.25) is 6.98 Å². The van der Waals surface area contributed by atoms with Gasteiger partial charge in [-0.2, -0.15) is 0 Å². The SMILES string of the molecule is CCC(CC)C(=O)/C=C(\O)C(CC)CC.Cc1cc(C)c(-c2nc3ccnc(B4[N-]c5ccccc5N4C)c3s2)c(C)c1.[Ir]. The van der Waals surface area contributed by atoms with Crippen LogP contribution in [0.4, 0.5) is 11.4 Å². The van der Waals surface area contributed by atoms with Crippen molar-refractivity contribution >= 4 is 51.3 Å². The Kier molecular flexibility index (Phi) is 12.8. The zero-order chi connectivity index (χ0) is 31.3. The molecule has 3 heterocycles. The molecule has 0 bridgehead atoms. The first-order valence-electron chi connectivity index (χ1n) is 15.4. The molecular formula is C35H44BIrN4O2S-. The molecule has 0 fully saturated rings. The van der Waals surface area contributed by atoms with Crippen LogP contribution in [0.1, 0.15) is 70.1 Å². The summed E-state index contributed by atoms with van der Waals surface area (Å²) in [5.41, 5.74) is 9.17. The summed E-state index contributed by atoms with van der Waals surface area (Å²) in [5.74, 6) is 0.547. The second kappa shape index (κ2) is 15.8. The number of hydrogen-bond donors (Lipinski definition) is 1. The van der Waals surface area contributed by atoms with Crippen molar-refractivity contribution in [2.45, 2.75) is 74.1 Å². The third-order valence-corrected chi connectivity index (χ3v) is 9.55. The van der Waals surface area contributed by atoms with E-state index in [1.807, 2.05) is 46.0 Å². The van der Waals surface area contributed by atoms with Crippen molar-refractivity contribution in [3.8, 4) is 10.6 Å². The van der Waals surface area contributed by atoms with Crippen LogP contribution >= 0.6 is 11.3 Å². The number of aliphatic hydroxyl groups is 1. The van der Waals surface area contributed by atoms with E-state index in [9.17, 15) is 9.90 Å². The third-order valence-electron chi connectivity index (χ3n) is 8.44. The van der Waals surface area contributed by atoms with E-state index >= 15 is 0 Å². The molecule has 1 radical (unpaired) electrons. The van der Waals surface area contributed by atoms with Crippen molar-refractivity contribution in [1.82, 2.24) is 9.97 Å². The van der Waals surface area contributed by atoms with Crippen molar-refractivity contribution < 1.29 is 30.0 Å². The molecule has 2 aromatic heterocycles. The molecule has 1 N–H and O–H groups in total. The smallest absolute Gasteiger partial charge is 0.208 e. The van der Waals surface area contributed by atoms with E-state index < -0.39 is 0 Å². The molecule has 0 unspecified atom stereocenters. The van der Waals surface area contributed by atoms with Crippen LogP contribution in [-0.2, 0) is 24.9 Å². The predicted molar refractivity (Wildman–Crippen MR) is 184 cm³/mol. The Morgan fingerprint density at radius 2 is 1.61 bits per heavy atom. The molecule has 44 heavy (non-hydrogen) atoms. The minimum absolute atomic E-state index is 0. The number of benzene rings is 2. The number of para-hydroxylation sites is 1. The number of thiazole rings is 1. The topological polar surface area (TPSA) is 80.4 Å². The van der Waals surface area contributed by atoms with Crippen LogP contribution in [0.5, 0.6) is 0 Å². The van der Waals surface area contributed by atoms with Crippen LogP contribution in [0.3, 0.4) is 0 Å². The number of hydrogen-bond acceptors (Lipinski definition) is 6. The maximum Gasteiger partial charge on any atom is 0.208 e. The molecule has 0 saturated carbocycles. The van der Waals surface area contributed by atoms with Crippen LogP contribution in [0.15, 0.2) is 60.5 Å². The number of carbonyl (C=O) groups is 1. The maximum atomic E-state index is 11.7. The van der Waals surface area contributed by atoms with E-state index in [0.717, 1.165) is 57.9 Å². The number of carbonyl (C=O) groups excluding carboxylic acids is 1. The molecule has 235 valence electrons. The van der Waals surface area contributed by atoms with Crippen LogP contribution in [-0.4, -0.2) is 34.9 Å². The Morgan fingerprint density at radius 1 is 1.00 bits per heavy atom. The van der Waals surface area contributed by atoms with E-state index in [0.29, 0.717) is 0 Å². The minimum atomic E-state index is -0.116. The Labute approximate surface area is 280 Å². The summed E-state index contributed by atoms with van der Waals surface area (Å²) in [4.78, 5) is 23.6. The first kappa shape index (κ1) is 35.5. The second-order valence-electron chi connectivity index (χ2n) is 11.4. The fourth-order valence-corrected chi connectivity index (χ4v) is 7.17. The molecule has 1 aliphatic rings. The number of nitrogens with zero attached hydrogens (tertiary/aromatic N) is 4. The van der Waals surface area contributed by atoms with Crippen molar-refractivity contribution in [2.75, 3.05) is 11.9 Å². The van der Waals surface area contributed by atoms with Gasteiger partial charge in [-0.05, 0) is 76.8 Å². The Bertz CT molecular complexity index is 1590. The molecule has 0 atom stereocenters. The number of ketones is 1. The van der Waals surface area contributed by atoms with Crippen LogP contribution < -0.4 is 10.4 Å². The first-order chi connectivity index (χ1) is 20.6. The summed E-state index contributed by atoms with van der Waals surface area (Å²) in [7, 11) is 2.08. The Morgan fingerprint density at radius 3 is 2.20 bits per heavy atom. The minimum Gasteiger partial charge on any atom is -0.682 e. The summed E-state index contributed by atoms with van der Waals surface area (Å²) < 4.78 is 1.12. The Hall–Kier alpha value is -3.00. The molecule has 9 heteroatoms. The molecule has 0 amide bonds. The maximum absolute atomic E-state index is 11.7. The zero-order valence-electron chi connectivity index (χ0n) is 27.1. The zero-order valence-corrected chi connectivity index (χ0v) is 30.4. The van der Waals surface area contributed by atoms with Crippen molar-refractivity contribution in [1.29, 1.82) is 0 Å². The number of aromatic nitrogens is 2. The molecule has 0 aliphatic carbocycles. The number of anilines is 1. The number of aliphatic hydroxyl groups excluding tert-OH is 1. The molecule has 0 spiro atoms. The number of aryl methyl sites for hydroxylation is 3. The van der Waals surface area contributed by atoms with Gasteiger partial charge in [-0.3, -0.25) is 9.78 Å². The number of allylic oxidation sites excluding steroid dienone is 2. The molecule has 5 rings (SSSR count). The van der Waals surface area contributed by atoms with Crippen molar-refractivity contribution in [3.05, 3.63) is 82.4 Å². The predicted octanol–water partition coefficient (Wildman–Crippen LogP) is 9.00. The quantitative estimate of drug-likeness (QED) is 0.104. The van der Waals surface area contributed by atoms with E-state index in [1.165, 1.54) is 28.3 Å². The molecular weight excluding hydrogens is 744 g/mol. The standard InChI is InChI=1S/C22H20BN4S.C13H24O2.Ir/c1-13-11-14(2)19(15(3)12-13)22-25-17-9-10-24-21(20(17)28-22)23-26-16-7-5-6-8-18(16)27(23)4;1-5-10(6-2)12(14)9-13(15)11(7-3)8-4;/h5-12H,1-4H3;9-11,14H,5-8H2,1-4H3;/q-1;;/b;12-9-;. The van der Waals surface area contributed by atoms with Gasteiger partial charge in [0.05, 0.1) is 16.0 Å². The largest absolute Gasteiger partial charge is 0.682 e. The number of rotatable bonds is 9. The fraction of sp³-hybridized carbons (Fsp3) is 0.400. The van der Waals surface area contributed by atoms with Gasteiger partial charge in [0.15, 0.2) is 5.78 Å². The van der Waals surface area contributed by atoms with Gasteiger partial charge in [-0.25, -0.2) is 4.98 Å². The Balaban J connectivity index is 0.000000286. The normalized spacial score (nSPS) is 12.6.